The molecule has 0 atom stereocenters. The van der Waals surface area contributed by atoms with Gasteiger partial charge in [0, 0.05) is 30.7 Å². The maximum atomic E-state index is 5.91. The van der Waals surface area contributed by atoms with Crippen LogP contribution in [0.5, 0.6) is 5.75 Å². The van der Waals surface area contributed by atoms with Crippen LogP contribution in [-0.2, 0) is 0 Å². The van der Waals surface area contributed by atoms with Crippen LogP contribution in [0.1, 0.15) is 12.8 Å². The summed E-state index contributed by atoms with van der Waals surface area (Å²) in [5.74, 6) is 3.01. The molecule has 0 unspecified atom stereocenters. The molecule has 164 valence electrons. The van der Waals surface area contributed by atoms with Gasteiger partial charge < -0.3 is 20.3 Å². The lowest BCUT2D eigenvalue weighted by Crippen LogP contribution is -2.31. The smallest absolute Gasteiger partial charge is 0.222 e. The van der Waals surface area contributed by atoms with Crippen molar-refractivity contribution < 1.29 is 4.74 Å². The maximum Gasteiger partial charge on any atom is 0.222 e. The molecule has 9 heteroatoms. The van der Waals surface area contributed by atoms with Crippen LogP contribution in [0, 0.1) is 5.92 Å². The molecule has 0 saturated carbocycles. The Kier molecular flexibility index (Phi) is 4.75. The van der Waals surface area contributed by atoms with Gasteiger partial charge >= 0.3 is 0 Å². The normalized spacial score (nSPS) is 16.8. The van der Waals surface area contributed by atoms with Crippen molar-refractivity contribution in [1.82, 2.24) is 30.1 Å². The molecule has 9 nitrogen and oxygen atoms in total. The molecule has 5 heterocycles. The number of piperidine rings is 1. The van der Waals surface area contributed by atoms with Crippen LogP contribution in [0.2, 0.25) is 0 Å². The largest absolute Gasteiger partial charge is 0.486 e. The zero-order valence-corrected chi connectivity index (χ0v) is 18.1. The molecule has 1 aromatic carbocycles. The van der Waals surface area contributed by atoms with Crippen LogP contribution < -0.4 is 20.3 Å². The molecule has 0 spiro atoms. The third-order valence-electron chi connectivity index (χ3n) is 6.50. The van der Waals surface area contributed by atoms with Crippen LogP contribution in [-0.4, -0.2) is 64.6 Å². The highest BCUT2D eigenvalue weighted by Crippen LogP contribution is 2.35. The van der Waals surface area contributed by atoms with Crippen LogP contribution in [0.15, 0.2) is 36.7 Å². The molecule has 0 bridgehead atoms. The fourth-order valence-corrected chi connectivity index (χ4v) is 4.59. The Morgan fingerprint density at radius 3 is 3.00 bits per heavy atom. The summed E-state index contributed by atoms with van der Waals surface area (Å²) in [5, 5.41) is 22.7. The van der Waals surface area contributed by atoms with Gasteiger partial charge in [-0.15, -0.1) is 10.2 Å². The molecule has 2 aliphatic rings. The van der Waals surface area contributed by atoms with E-state index in [4.69, 9.17) is 4.74 Å². The predicted octanol–water partition coefficient (Wildman–Crippen LogP) is 2.58. The number of ether oxygens (including phenoxy) is 1. The van der Waals surface area contributed by atoms with E-state index in [2.05, 4.69) is 54.0 Å². The van der Waals surface area contributed by atoms with Gasteiger partial charge in [0.1, 0.15) is 18.1 Å². The summed E-state index contributed by atoms with van der Waals surface area (Å²) in [4.78, 5) is 6.76. The van der Waals surface area contributed by atoms with E-state index in [1.165, 1.54) is 12.8 Å². The van der Waals surface area contributed by atoms with Gasteiger partial charge in [0.2, 0.25) is 5.65 Å². The Hall–Kier alpha value is -3.46. The molecule has 0 radical (unpaired) electrons. The van der Waals surface area contributed by atoms with Gasteiger partial charge in [0.05, 0.1) is 12.7 Å². The van der Waals surface area contributed by atoms with Gasteiger partial charge in [-0.05, 0) is 49.4 Å². The van der Waals surface area contributed by atoms with E-state index in [1.54, 1.807) is 4.52 Å². The van der Waals surface area contributed by atoms with Crippen LogP contribution in [0.3, 0.4) is 0 Å². The van der Waals surface area contributed by atoms with Gasteiger partial charge in [-0.3, -0.25) is 0 Å². The van der Waals surface area contributed by atoms with Crippen molar-refractivity contribution in [3.63, 3.8) is 0 Å². The highest BCUT2D eigenvalue weighted by molar-refractivity contribution is 5.94. The lowest BCUT2D eigenvalue weighted by atomic mass is 9.98. The lowest BCUT2D eigenvalue weighted by Gasteiger charge is -2.26. The number of aromatic nitrogens is 5. The third kappa shape index (κ3) is 3.29. The minimum Gasteiger partial charge on any atom is -0.486 e. The molecule has 0 aliphatic carbocycles. The fourth-order valence-electron chi connectivity index (χ4n) is 4.59. The molecule has 1 fully saturated rings. The minimum absolute atomic E-state index is 0.624. The fraction of sp³-hybridized carbons (Fsp3) is 0.391. The SMILES string of the molecule is CN1CCOc2c1cnn1c(-c3ccc4ccnc(NCC5CCNCC5)c4c3)nnc21. The van der Waals surface area contributed by atoms with Gasteiger partial charge in [0.15, 0.2) is 11.6 Å². The number of hydrogen-bond acceptors (Lipinski definition) is 8. The third-order valence-corrected chi connectivity index (χ3v) is 6.50. The molecule has 2 aliphatic heterocycles. The molecular formula is C23H26N8O. The van der Waals surface area contributed by atoms with E-state index in [1.807, 2.05) is 25.5 Å². The monoisotopic (exact) mass is 430 g/mol. The average molecular weight is 431 g/mol. The van der Waals surface area contributed by atoms with Crippen molar-refractivity contribution >= 4 is 27.9 Å². The Bertz CT molecular complexity index is 1280. The summed E-state index contributed by atoms with van der Waals surface area (Å²) >= 11 is 0. The lowest BCUT2D eigenvalue weighted by molar-refractivity contribution is 0.312. The quantitative estimate of drug-likeness (QED) is 0.510. The van der Waals surface area contributed by atoms with Crippen molar-refractivity contribution in [2.45, 2.75) is 12.8 Å². The number of rotatable bonds is 4. The first-order chi connectivity index (χ1) is 15.8. The van der Waals surface area contributed by atoms with E-state index >= 15 is 0 Å². The highest BCUT2D eigenvalue weighted by atomic mass is 16.5. The number of nitrogens with one attached hydrogen (secondary N) is 2. The second-order valence-electron chi connectivity index (χ2n) is 8.56. The summed E-state index contributed by atoms with van der Waals surface area (Å²) in [7, 11) is 2.03. The summed E-state index contributed by atoms with van der Waals surface area (Å²) in [6.07, 6.45) is 6.08. The van der Waals surface area contributed by atoms with Crippen LogP contribution >= 0.6 is 0 Å². The molecule has 6 rings (SSSR count). The maximum absolute atomic E-state index is 5.91. The molecule has 32 heavy (non-hydrogen) atoms. The number of anilines is 2. The van der Waals surface area contributed by atoms with Crippen molar-refractivity contribution in [2.75, 3.05) is 50.1 Å². The summed E-state index contributed by atoms with van der Waals surface area (Å²) < 4.78 is 7.67. The molecule has 3 aromatic heterocycles. The van der Waals surface area contributed by atoms with E-state index in [9.17, 15) is 0 Å². The zero-order valence-electron chi connectivity index (χ0n) is 18.1. The number of pyridine rings is 1. The van der Waals surface area contributed by atoms with Crippen molar-refractivity contribution in [3.8, 4) is 17.1 Å². The number of hydrogen-bond donors (Lipinski definition) is 2. The van der Waals surface area contributed by atoms with Gasteiger partial charge in [-0.1, -0.05) is 12.1 Å². The molecule has 2 N–H and O–H groups in total. The molecule has 4 aromatic rings. The van der Waals surface area contributed by atoms with Gasteiger partial charge in [-0.25, -0.2) is 4.98 Å². The summed E-state index contributed by atoms with van der Waals surface area (Å²) in [6, 6.07) is 8.32. The topological polar surface area (TPSA) is 92.5 Å². The van der Waals surface area contributed by atoms with Crippen LogP contribution in [0.25, 0.3) is 27.8 Å². The van der Waals surface area contributed by atoms with Gasteiger partial charge in [0.25, 0.3) is 0 Å². The Balaban J connectivity index is 1.37. The van der Waals surface area contributed by atoms with E-state index in [0.717, 1.165) is 59.8 Å². The second kappa shape index (κ2) is 7.90. The zero-order chi connectivity index (χ0) is 21.5. The Morgan fingerprint density at radius 1 is 1.19 bits per heavy atom. The van der Waals surface area contributed by atoms with Crippen molar-refractivity contribution in [2.24, 2.45) is 5.92 Å². The van der Waals surface area contributed by atoms with Crippen molar-refractivity contribution in [1.29, 1.82) is 0 Å². The molecule has 0 amide bonds. The average Bonchev–Trinajstić information content (AvgIpc) is 3.28. The first-order valence-corrected chi connectivity index (χ1v) is 11.2. The standard InChI is InChI=1S/C23H26N8O/c1-30-10-11-32-20-19(30)14-27-31-22(28-29-23(20)31)17-3-2-16-6-9-25-21(18(16)12-17)26-13-15-4-7-24-8-5-15/h2-3,6,9,12,14-15,24H,4-5,7-8,10-11,13H2,1H3,(H,25,26). The van der Waals surface area contributed by atoms with Crippen LogP contribution in [0.4, 0.5) is 11.5 Å². The Labute approximate surface area is 185 Å². The summed E-state index contributed by atoms with van der Waals surface area (Å²) in [5.41, 5.74) is 2.52. The van der Waals surface area contributed by atoms with E-state index < -0.39 is 0 Å². The predicted molar refractivity (Wildman–Crippen MR) is 124 cm³/mol. The minimum atomic E-state index is 0.624. The first kappa shape index (κ1) is 19.2. The first-order valence-electron chi connectivity index (χ1n) is 11.2. The number of likely N-dealkylation sites (N-methyl/N-ethyl adjacent to an activating group) is 1. The Morgan fingerprint density at radius 2 is 2.09 bits per heavy atom. The number of benzene rings is 1. The molecule has 1 saturated heterocycles. The second-order valence-corrected chi connectivity index (χ2v) is 8.56. The summed E-state index contributed by atoms with van der Waals surface area (Å²) in [6.45, 7) is 4.57. The molecular weight excluding hydrogens is 404 g/mol. The van der Waals surface area contributed by atoms with E-state index in [-0.39, 0.29) is 0 Å². The number of fused-ring (bicyclic) bond motifs is 4. The van der Waals surface area contributed by atoms with E-state index in [0.29, 0.717) is 24.0 Å². The van der Waals surface area contributed by atoms with Crippen molar-refractivity contribution in [3.05, 3.63) is 36.7 Å². The van der Waals surface area contributed by atoms with Gasteiger partial charge in [-0.2, -0.15) is 9.61 Å². The highest BCUT2D eigenvalue weighted by Gasteiger charge is 2.23. The number of nitrogens with zero attached hydrogens (tertiary/aromatic N) is 6.